The number of hydrogen-bond acceptors (Lipinski definition) is 8. The van der Waals surface area contributed by atoms with Crippen molar-refractivity contribution < 1.29 is 23.1 Å². The number of nitrogens with zero attached hydrogens (tertiary/aromatic N) is 7. The van der Waals surface area contributed by atoms with Crippen LogP contribution in [-0.2, 0) is 16.4 Å². The van der Waals surface area contributed by atoms with Gasteiger partial charge in [-0.25, -0.2) is 32.0 Å². The van der Waals surface area contributed by atoms with Crippen LogP contribution in [0, 0.1) is 0 Å². The quantitative estimate of drug-likeness (QED) is 0.292. The van der Waals surface area contributed by atoms with Crippen LogP contribution in [0.5, 0.6) is 0 Å². The van der Waals surface area contributed by atoms with Gasteiger partial charge in [-0.3, -0.25) is 4.79 Å². The molecule has 0 saturated carbocycles. The zero-order valence-electron chi connectivity index (χ0n) is 21.1. The number of rotatable bonds is 8. The summed E-state index contributed by atoms with van der Waals surface area (Å²) in [6.07, 6.45) is 8.12. The van der Waals surface area contributed by atoms with Gasteiger partial charge in [-0.2, -0.15) is 14.9 Å². The maximum Gasteiger partial charge on any atom is 0.404 e. The average molecular weight is 554 g/mol. The zero-order chi connectivity index (χ0) is 27.6. The van der Waals surface area contributed by atoms with Crippen molar-refractivity contribution in [2.75, 3.05) is 31.2 Å². The van der Waals surface area contributed by atoms with Crippen LogP contribution >= 0.6 is 0 Å². The second kappa shape index (κ2) is 10.8. The molecular weight excluding hydrogens is 526 g/mol. The Balaban J connectivity index is 1.42. The molecule has 1 saturated heterocycles. The van der Waals surface area contributed by atoms with Crippen molar-refractivity contribution in [1.82, 2.24) is 39.0 Å². The molecule has 1 aliphatic rings. The summed E-state index contributed by atoms with van der Waals surface area (Å²) in [5.74, 6) is 0.432. The molecule has 204 valence electrons. The number of aromatic nitrogens is 6. The first-order chi connectivity index (χ1) is 18.7. The van der Waals surface area contributed by atoms with Crippen molar-refractivity contribution in [3.05, 3.63) is 65.9 Å². The molecule has 5 rings (SSSR count). The highest BCUT2D eigenvalue weighted by Crippen LogP contribution is 2.31. The molecule has 39 heavy (non-hydrogen) atoms. The number of amides is 2. The third-order valence-corrected chi connectivity index (χ3v) is 7.85. The van der Waals surface area contributed by atoms with Gasteiger partial charge in [0, 0.05) is 50.2 Å². The third-order valence-electron chi connectivity index (χ3n) is 6.55. The molecule has 2 amide bonds. The van der Waals surface area contributed by atoms with E-state index in [-0.39, 0.29) is 12.5 Å². The van der Waals surface area contributed by atoms with Gasteiger partial charge in [0.05, 0.1) is 18.1 Å². The largest absolute Gasteiger partial charge is 0.465 e. The van der Waals surface area contributed by atoms with Crippen LogP contribution in [0.4, 0.5) is 10.6 Å². The highest BCUT2D eigenvalue weighted by Gasteiger charge is 2.28. The minimum atomic E-state index is -3.26. The monoisotopic (exact) mass is 553 g/mol. The lowest BCUT2D eigenvalue weighted by Crippen LogP contribution is -2.37. The van der Waals surface area contributed by atoms with E-state index in [1.807, 2.05) is 6.07 Å². The summed E-state index contributed by atoms with van der Waals surface area (Å²) in [4.78, 5) is 32.7. The summed E-state index contributed by atoms with van der Waals surface area (Å²) < 4.78 is 28.4. The van der Waals surface area contributed by atoms with Crippen LogP contribution in [0.3, 0.4) is 0 Å². The lowest BCUT2D eigenvalue weighted by molar-refractivity contribution is 0.102. The molecule has 1 fully saturated rings. The molecule has 0 aliphatic carbocycles. The number of carbonyl (C=O) groups excluding carboxylic acids is 1. The highest BCUT2D eigenvalue weighted by molar-refractivity contribution is 7.88. The standard InChI is InChI=1S/C24H27N9O5S/c1-39(37,38)31-11-6-17(7-12-31)19-13-21(29-23(34)18-15-28-32-10-2-8-25-22(18)32)33(30-19)20-4-3-16(14-27-20)5-9-26-24(35)36/h2-4,8,10,13-15,17,26H,5-7,9,11-12H2,1H3,(H,29,34)(H,35,36). The van der Waals surface area contributed by atoms with Crippen molar-refractivity contribution in [3.8, 4) is 5.82 Å². The predicted molar refractivity (Wildman–Crippen MR) is 140 cm³/mol. The molecule has 0 bridgehead atoms. The Morgan fingerprint density at radius 2 is 1.95 bits per heavy atom. The second-order valence-corrected chi connectivity index (χ2v) is 11.2. The third kappa shape index (κ3) is 5.88. The number of fused-ring (bicyclic) bond motifs is 1. The summed E-state index contributed by atoms with van der Waals surface area (Å²) >= 11 is 0. The second-order valence-electron chi connectivity index (χ2n) is 9.21. The fraction of sp³-hybridized carbons (Fsp3) is 0.333. The van der Waals surface area contributed by atoms with E-state index in [1.165, 1.54) is 26.0 Å². The predicted octanol–water partition coefficient (Wildman–Crippen LogP) is 1.51. The molecule has 14 nitrogen and oxygen atoms in total. The Hall–Kier alpha value is -4.37. The van der Waals surface area contributed by atoms with E-state index in [4.69, 9.17) is 10.2 Å². The van der Waals surface area contributed by atoms with Gasteiger partial charge < -0.3 is 15.7 Å². The van der Waals surface area contributed by atoms with E-state index < -0.39 is 22.0 Å². The van der Waals surface area contributed by atoms with Crippen LogP contribution in [0.25, 0.3) is 11.5 Å². The van der Waals surface area contributed by atoms with Gasteiger partial charge >= 0.3 is 6.09 Å². The number of carboxylic acid groups (broad SMARTS) is 1. The van der Waals surface area contributed by atoms with E-state index in [1.54, 1.807) is 36.8 Å². The molecular formula is C24H27N9O5S. The van der Waals surface area contributed by atoms with E-state index >= 15 is 0 Å². The Kier molecular flexibility index (Phi) is 7.26. The van der Waals surface area contributed by atoms with E-state index in [0.717, 1.165) is 5.56 Å². The van der Waals surface area contributed by atoms with E-state index in [0.29, 0.717) is 60.9 Å². The van der Waals surface area contributed by atoms with Crippen molar-refractivity contribution >= 4 is 33.5 Å². The molecule has 4 aromatic rings. The molecule has 0 unspecified atom stereocenters. The Bertz CT molecular complexity index is 1610. The Morgan fingerprint density at radius 1 is 1.15 bits per heavy atom. The topological polar surface area (TPSA) is 177 Å². The summed E-state index contributed by atoms with van der Waals surface area (Å²) in [5, 5.41) is 22.9. The van der Waals surface area contributed by atoms with Crippen molar-refractivity contribution in [2.24, 2.45) is 0 Å². The van der Waals surface area contributed by atoms with Crippen molar-refractivity contribution in [1.29, 1.82) is 0 Å². The van der Waals surface area contributed by atoms with Crippen molar-refractivity contribution in [3.63, 3.8) is 0 Å². The molecule has 0 spiro atoms. The first-order valence-electron chi connectivity index (χ1n) is 12.3. The number of anilines is 1. The number of nitrogens with one attached hydrogen (secondary N) is 2. The van der Waals surface area contributed by atoms with Gasteiger partial charge in [0.2, 0.25) is 10.0 Å². The fourth-order valence-corrected chi connectivity index (χ4v) is 5.39. The summed E-state index contributed by atoms with van der Waals surface area (Å²) in [5.41, 5.74) is 2.25. The SMILES string of the molecule is CS(=O)(=O)N1CCC(c2cc(NC(=O)c3cnn4cccnc34)n(-c3ccc(CCNC(=O)O)cn3)n2)CC1. The molecule has 0 radical (unpaired) electrons. The van der Waals surface area contributed by atoms with Gasteiger partial charge in [0.1, 0.15) is 11.4 Å². The Labute approximate surface area is 223 Å². The van der Waals surface area contributed by atoms with E-state index in [2.05, 4.69) is 25.7 Å². The van der Waals surface area contributed by atoms with E-state index in [9.17, 15) is 18.0 Å². The van der Waals surface area contributed by atoms with Crippen LogP contribution in [0.1, 0.15) is 40.4 Å². The number of carbonyl (C=O) groups is 2. The number of sulfonamides is 1. The molecule has 4 aromatic heterocycles. The van der Waals surface area contributed by atoms with Crippen LogP contribution in [-0.4, -0.2) is 85.1 Å². The smallest absolute Gasteiger partial charge is 0.404 e. The molecule has 0 atom stereocenters. The lowest BCUT2D eigenvalue weighted by Gasteiger charge is -2.29. The lowest BCUT2D eigenvalue weighted by atomic mass is 9.95. The number of pyridine rings is 1. The van der Waals surface area contributed by atoms with Crippen LogP contribution < -0.4 is 10.6 Å². The maximum atomic E-state index is 13.2. The zero-order valence-corrected chi connectivity index (χ0v) is 21.9. The Morgan fingerprint density at radius 3 is 2.64 bits per heavy atom. The van der Waals surface area contributed by atoms with Gasteiger partial charge in [0.15, 0.2) is 11.5 Å². The first kappa shape index (κ1) is 26.2. The molecule has 0 aromatic carbocycles. The number of piperidine rings is 1. The summed E-state index contributed by atoms with van der Waals surface area (Å²) in [6.45, 7) is 1.04. The minimum Gasteiger partial charge on any atom is -0.465 e. The van der Waals surface area contributed by atoms with Crippen molar-refractivity contribution in [2.45, 2.75) is 25.2 Å². The first-order valence-corrected chi connectivity index (χ1v) is 14.1. The van der Waals surface area contributed by atoms with Gasteiger partial charge in [-0.15, -0.1) is 0 Å². The minimum absolute atomic E-state index is 0.0000809. The summed E-state index contributed by atoms with van der Waals surface area (Å²) in [7, 11) is -3.26. The van der Waals surface area contributed by atoms with Crippen LogP contribution in [0.15, 0.2) is 49.1 Å². The van der Waals surface area contributed by atoms with Crippen LogP contribution in [0.2, 0.25) is 0 Å². The summed E-state index contributed by atoms with van der Waals surface area (Å²) in [6, 6.07) is 7.06. The molecule has 5 heterocycles. The van der Waals surface area contributed by atoms with Gasteiger partial charge in [-0.05, 0) is 37.0 Å². The molecule has 1 aliphatic heterocycles. The van der Waals surface area contributed by atoms with Gasteiger partial charge in [-0.1, -0.05) is 6.07 Å². The average Bonchev–Trinajstić information content (AvgIpc) is 3.53. The molecule has 3 N–H and O–H groups in total. The fourth-order valence-electron chi connectivity index (χ4n) is 4.52. The van der Waals surface area contributed by atoms with Gasteiger partial charge in [0.25, 0.3) is 5.91 Å². The normalized spacial score (nSPS) is 14.9. The number of hydrogen-bond donors (Lipinski definition) is 3. The molecule has 15 heteroatoms. The highest BCUT2D eigenvalue weighted by atomic mass is 32.2. The maximum absolute atomic E-state index is 13.2.